The highest BCUT2D eigenvalue weighted by atomic mass is 19.1. The van der Waals surface area contributed by atoms with Gasteiger partial charge in [0.25, 0.3) is 5.91 Å². The second-order valence-corrected chi connectivity index (χ2v) is 5.70. The molecule has 2 aromatic carbocycles. The summed E-state index contributed by atoms with van der Waals surface area (Å²) in [7, 11) is 1.30. The van der Waals surface area contributed by atoms with Gasteiger partial charge < -0.3 is 15.4 Å². The maximum Gasteiger partial charge on any atom is 0.337 e. The van der Waals surface area contributed by atoms with E-state index in [1.807, 2.05) is 0 Å². The summed E-state index contributed by atoms with van der Waals surface area (Å²) in [6.07, 6.45) is 1.42. The number of carbonyl (C=O) groups is 2. The van der Waals surface area contributed by atoms with E-state index in [2.05, 4.69) is 20.4 Å². The Kier molecular flexibility index (Phi) is 5.59. The van der Waals surface area contributed by atoms with Crippen LogP contribution < -0.4 is 10.6 Å². The SMILES string of the molecule is COC(=O)c1ccc(Nc2cc(C(=O)Nc3ccc(F)cc3F)ccn2)cc1. The first kappa shape index (κ1) is 19.0. The number of carbonyl (C=O) groups excluding carboxylic acids is 2. The minimum absolute atomic E-state index is 0.129. The molecule has 0 fully saturated rings. The molecule has 8 heteroatoms. The fourth-order valence-electron chi connectivity index (χ4n) is 2.38. The third-order valence-electron chi connectivity index (χ3n) is 3.78. The highest BCUT2D eigenvalue weighted by molar-refractivity contribution is 6.04. The van der Waals surface area contributed by atoms with E-state index in [9.17, 15) is 18.4 Å². The minimum atomic E-state index is -0.869. The van der Waals surface area contributed by atoms with Gasteiger partial charge in [-0.2, -0.15) is 0 Å². The summed E-state index contributed by atoms with van der Waals surface area (Å²) in [6.45, 7) is 0. The van der Waals surface area contributed by atoms with Gasteiger partial charge in [-0.05, 0) is 48.5 Å². The van der Waals surface area contributed by atoms with Crippen molar-refractivity contribution in [3.05, 3.63) is 83.6 Å². The van der Waals surface area contributed by atoms with Gasteiger partial charge in [-0.3, -0.25) is 4.79 Å². The Labute approximate surface area is 159 Å². The highest BCUT2D eigenvalue weighted by Crippen LogP contribution is 2.19. The molecule has 0 saturated heterocycles. The molecule has 0 spiro atoms. The number of aromatic nitrogens is 1. The molecule has 1 heterocycles. The van der Waals surface area contributed by atoms with Crippen LogP contribution in [-0.4, -0.2) is 24.0 Å². The van der Waals surface area contributed by atoms with Crippen molar-refractivity contribution in [2.75, 3.05) is 17.7 Å². The second kappa shape index (κ2) is 8.26. The Morgan fingerprint density at radius 3 is 2.39 bits per heavy atom. The minimum Gasteiger partial charge on any atom is -0.465 e. The Bertz CT molecular complexity index is 1020. The molecule has 0 atom stereocenters. The molecule has 0 aliphatic rings. The first-order chi connectivity index (χ1) is 13.5. The van der Waals surface area contributed by atoms with Gasteiger partial charge >= 0.3 is 5.97 Å². The average molecular weight is 383 g/mol. The predicted molar refractivity (Wildman–Crippen MR) is 99.6 cm³/mol. The van der Waals surface area contributed by atoms with Gasteiger partial charge in [-0.25, -0.2) is 18.6 Å². The fraction of sp³-hybridized carbons (Fsp3) is 0.0500. The summed E-state index contributed by atoms with van der Waals surface area (Å²) in [4.78, 5) is 27.9. The highest BCUT2D eigenvalue weighted by Gasteiger charge is 2.11. The van der Waals surface area contributed by atoms with Crippen LogP contribution in [0, 0.1) is 11.6 Å². The van der Waals surface area contributed by atoms with Crippen LogP contribution in [0.2, 0.25) is 0 Å². The van der Waals surface area contributed by atoms with E-state index in [0.29, 0.717) is 23.1 Å². The number of nitrogens with one attached hydrogen (secondary N) is 2. The molecule has 0 aliphatic carbocycles. The van der Waals surface area contributed by atoms with E-state index in [1.54, 1.807) is 24.3 Å². The normalized spacial score (nSPS) is 10.2. The largest absolute Gasteiger partial charge is 0.465 e. The molecule has 2 N–H and O–H groups in total. The maximum absolute atomic E-state index is 13.7. The van der Waals surface area contributed by atoms with Gasteiger partial charge in [0.1, 0.15) is 17.5 Å². The van der Waals surface area contributed by atoms with E-state index in [1.165, 1.54) is 25.4 Å². The number of amides is 1. The third-order valence-corrected chi connectivity index (χ3v) is 3.78. The number of halogens is 2. The van der Waals surface area contributed by atoms with Crippen LogP contribution in [0.25, 0.3) is 0 Å². The topological polar surface area (TPSA) is 80.3 Å². The first-order valence-electron chi connectivity index (χ1n) is 8.14. The summed E-state index contributed by atoms with van der Waals surface area (Å²) in [5.74, 6) is -2.25. The number of anilines is 3. The Hall–Kier alpha value is -3.81. The van der Waals surface area contributed by atoms with E-state index in [0.717, 1.165) is 12.1 Å². The van der Waals surface area contributed by atoms with Gasteiger partial charge in [0.05, 0.1) is 18.4 Å². The molecular formula is C20H15F2N3O3. The number of hydrogen-bond acceptors (Lipinski definition) is 5. The number of esters is 1. The number of ether oxygens (including phenoxy) is 1. The zero-order valence-corrected chi connectivity index (χ0v) is 14.7. The molecule has 3 aromatic rings. The fourth-order valence-corrected chi connectivity index (χ4v) is 2.38. The van der Waals surface area contributed by atoms with Gasteiger partial charge in [-0.1, -0.05) is 0 Å². The lowest BCUT2D eigenvalue weighted by Gasteiger charge is -2.09. The molecule has 1 amide bonds. The van der Waals surface area contributed by atoms with Crippen molar-refractivity contribution in [1.82, 2.24) is 4.98 Å². The third kappa shape index (κ3) is 4.47. The Morgan fingerprint density at radius 1 is 0.964 bits per heavy atom. The van der Waals surface area contributed by atoms with E-state index < -0.39 is 23.5 Å². The van der Waals surface area contributed by atoms with Crippen LogP contribution in [0.3, 0.4) is 0 Å². The molecule has 0 saturated carbocycles. The van der Waals surface area contributed by atoms with Crippen molar-refractivity contribution in [3.8, 4) is 0 Å². The van der Waals surface area contributed by atoms with E-state index in [-0.39, 0.29) is 11.3 Å². The quantitative estimate of drug-likeness (QED) is 0.647. The number of rotatable bonds is 5. The molecule has 0 bridgehead atoms. The van der Waals surface area contributed by atoms with E-state index in [4.69, 9.17) is 0 Å². The molecule has 0 radical (unpaired) electrons. The summed E-state index contributed by atoms with van der Waals surface area (Å²) >= 11 is 0. The summed E-state index contributed by atoms with van der Waals surface area (Å²) in [5.41, 5.74) is 1.14. The molecule has 0 unspecified atom stereocenters. The van der Waals surface area contributed by atoms with Crippen molar-refractivity contribution in [2.45, 2.75) is 0 Å². The van der Waals surface area contributed by atoms with Crippen molar-refractivity contribution in [1.29, 1.82) is 0 Å². The van der Waals surface area contributed by atoms with Gasteiger partial charge in [-0.15, -0.1) is 0 Å². The molecule has 3 rings (SSSR count). The zero-order chi connectivity index (χ0) is 20.1. The van der Waals surface area contributed by atoms with Crippen LogP contribution in [0.1, 0.15) is 20.7 Å². The van der Waals surface area contributed by atoms with Crippen molar-refractivity contribution < 1.29 is 23.1 Å². The summed E-state index contributed by atoms with van der Waals surface area (Å²) in [6, 6.07) is 12.3. The van der Waals surface area contributed by atoms with Gasteiger partial charge in [0.15, 0.2) is 0 Å². The first-order valence-corrected chi connectivity index (χ1v) is 8.14. The van der Waals surface area contributed by atoms with Crippen LogP contribution in [0.15, 0.2) is 60.8 Å². The Morgan fingerprint density at radius 2 is 1.71 bits per heavy atom. The number of hydrogen-bond donors (Lipinski definition) is 2. The average Bonchev–Trinajstić information content (AvgIpc) is 2.70. The summed E-state index contributed by atoms with van der Waals surface area (Å²) < 4.78 is 31.3. The van der Waals surface area contributed by atoms with Crippen molar-refractivity contribution >= 4 is 29.1 Å². The lowest BCUT2D eigenvalue weighted by atomic mass is 10.2. The van der Waals surface area contributed by atoms with Gasteiger partial charge in [0.2, 0.25) is 0 Å². The number of nitrogens with zero attached hydrogens (tertiary/aromatic N) is 1. The van der Waals surface area contributed by atoms with Crippen LogP contribution >= 0.6 is 0 Å². The van der Waals surface area contributed by atoms with Crippen molar-refractivity contribution in [3.63, 3.8) is 0 Å². The standard InChI is InChI=1S/C20H15F2N3O3/c1-28-20(27)12-2-5-15(6-3-12)24-18-10-13(8-9-23-18)19(26)25-17-7-4-14(21)11-16(17)22/h2-11H,1H3,(H,23,24)(H,25,26). The number of pyridine rings is 1. The van der Waals surface area contributed by atoms with E-state index >= 15 is 0 Å². The molecular weight excluding hydrogens is 368 g/mol. The smallest absolute Gasteiger partial charge is 0.337 e. The molecule has 142 valence electrons. The predicted octanol–water partition coefficient (Wildman–Crippen LogP) is 4.14. The van der Waals surface area contributed by atoms with Crippen LogP contribution in [0.4, 0.5) is 26.0 Å². The maximum atomic E-state index is 13.7. The molecule has 0 aliphatic heterocycles. The monoisotopic (exact) mass is 383 g/mol. The van der Waals surface area contributed by atoms with Crippen molar-refractivity contribution in [2.24, 2.45) is 0 Å². The zero-order valence-electron chi connectivity index (χ0n) is 14.7. The second-order valence-electron chi connectivity index (χ2n) is 5.70. The summed E-state index contributed by atoms with van der Waals surface area (Å²) in [5, 5.41) is 5.38. The molecule has 1 aromatic heterocycles. The lowest BCUT2D eigenvalue weighted by molar-refractivity contribution is 0.0600. The number of benzene rings is 2. The molecule has 6 nitrogen and oxygen atoms in total. The Balaban J connectivity index is 1.72. The van der Waals surface area contributed by atoms with Crippen LogP contribution in [-0.2, 0) is 4.74 Å². The number of methoxy groups -OCH3 is 1. The van der Waals surface area contributed by atoms with Gasteiger partial charge in [0, 0.05) is 23.5 Å². The molecule has 28 heavy (non-hydrogen) atoms. The van der Waals surface area contributed by atoms with Crippen LogP contribution in [0.5, 0.6) is 0 Å². The lowest BCUT2D eigenvalue weighted by Crippen LogP contribution is -2.13.